The maximum Gasteiger partial charge on any atom is 0.0468 e. The molecule has 252 valence electrons. The van der Waals surface area contributed by atoms with Crippen molar-refractivity contribution in [1.82, 2.24) is 0 Å². The molecule has 0 N–H and O–H groups in total. The van der Waals surface area contributed by atoms with E-state index in [2.05, 4.69) is 220 Å². The minimum absolute atomic E-state index is 1.13. The van der Waals surface area contributed by atoms with E-state index in [1.165, 1.54) is 49.4 Å². The van der Waals surface area contributed by atoms with Crippen molar-refractivity contribution in [3.05, 3.63) is 203 Å². The normalized spacial score (nSPS) is 11.4. The summed E-state index contributed by atoms with van der Waals surface area (Å²) < 4.78 is 0. The van der Waals surface area contributed by atoms with Gasteiger partial charge in [-0.15, -0.1) is 0 Å². The predicted octanol–water partition coefficient (Wildman–Crippen LogP) is 14.3. The number of aryl methyl sites for hydroxylation is 4. The largest absolute Gasteiger partial charge is 0.311 e. The van der Waals surface area contributed by atoms with E-state index in [0.717, 1.165) is 39.7 Å². The second-order valence-electron chi connectivity index (χ2n) is 13.9. The summed E-state index contributed by atoms with van der Waals surface area (Å²) in [5.41, 5.74) is 14.2. The molecule has 0 bridgehead atoms. The van der Waals surface area contributed by atoms with E-state index >= 15 is 0 Å². The summed E-state index contributed by atoms with van der Waals surface area (Å²) in [6.45, 7) is 8.52. The molecule has 0 amide bonds. The molecule has 0 saturated carbocycles. The topological polar surface area (TPSA) is 6.48 Å². The Bertz CT molecular complexity index is 2420. The highest BCUT2D eigenvalue weighted by Crippen LogP contribution is 2.38. The molecule has 0 aliphatic carbocycles. The van der Waals surface area contributed by atoms with Crippen LogP contribution in [0.2, 0.25) is 0 Å². The van der Waals surface area contributed by atoms with Crippen molar-refractivity contribution in [3.63, 3.8) is 0 Å². The summed E-state index contributed by atoms with van der Waals surface area (Å²) in [5.74, 6) is 0. The van der Waals surface area contributed by atoms with Gasteiger partial charge in [-0.2, -0.15) is 0 Å². The van der Waals surface area contributed by atoms with Gasteiger partial charge < -0.3 is 9.80 Å². The van der Waals surface area contributed by atoms with Crippen molar-refractivity contribution in [3.8, 4) is 0 Å². The Morgan fingerprint density at radius 2 is 0.596 bits per heavy atom. The van der Waals surface area contributed by atoms with Gasteiger partial charge in [-0.3, -0.25) is 0 Å². The molecule has 0 atom stereocenters. The van der Waals surface area contributed by atoms with Crippen LogP contribution in [0, 0.1) is 27.7 Å². The molecule has 2 heteroatoms. The summed E-state index contributed by atoms with van der Waals surface area (Å²) in [6, 6.07) is 61.9. The second kappa shape index (κ2) is 14.1. The van der Waals surface area contributed by atoms with E-state index in [0.29, 0.717) is 0 Å². The minimum atomic E-state index is 1.13. The molecule has 0 unspecified atom stereocenters. The Balaban J connectivity index is 1.06. The van der Waals surface area contributed by atoms with Crippen molar-refractivity contribution in [2.24, 2.45) is 0 Å². The van der Waals surface area contributed by atoms with Crippen LogP contribution in [0.5, 0.6) is 0 Å². The van der Waals surface area contributed by atoms with E-state index in [1.807, 2.05) is 0 Å². The number of hydrogen-bond acceptors (Lipinski definition) is 2. The highest BCUT2D eigenvalue weighted by Gasteiger charge is 2.15. The van der Waals surface area contributed by atoms with E-state index in [-0.39, 0.29) is 0 Å². The third-order valence-electron chi connectivity index (χ3n) is 9.89. The van der Waals surface area contributed by atoms with Crippen LogP contribution < -0.4 is 9.80 Å². The van der Waals surface area contributed by atoms with Crippen molar-refractivity contribution in [2.45, 2.75) is 27.7 Å². The van der Waals surface area contributed by atoms with Crippen LogP contribution in [0.25, 0.3) is 33.7 Å². The second-order valence-corrected chi connectivity index (χ2v) is 13.9. The molecule has 0 heterocycles. The summed E-state index contributed by atoms with van der Waals surface area (Å²) in [6.07, 6.45) is 4.41. The quantitative estimate of drug-likeness (QED) is 0.117. The molecule has 8 rings (SSSR count). The Morgan fingerprint density at radius 3 is 1.04 bits per heavy atom. The minimum Gasteiger partial charge on any atom is -0.311 e. The van der Waals surface area contributed by atoms with Gasteiger partial charge in [0, 0.05) is 34.1 Å². The third-order valence-corrected chi connectivity index (χ3v) is 9.89. The first-order valence-corrected chi connectivity index (χ1v) is 18.0. The van der Waals surface area contributed by atoms with Gasteiger partial charge in [0.25, 0.3) is 0 Å². The summed E-state index contributed by atoms with van der Waals surface area (Å²) >= 11 is 0. The van der Waals surface area contributed by atoms with Crippen LogP contribution in [-0.2, 0) is 0 Å². The average Bonchev–Trinajstić information content (AvgIpc) is 3.17. The molecule has 52 heavy (non-hydrogen) atoms. The molecular weight excluding hydrogens is 629 g/mol. The smallest absolute Gasteiger partial charge is 0.0468 e. The standard InChI is InChI=1S/C50H42N2/c1-35-5-20-43(21-6-35)51(44-22-7-36(2)8-23-44)47-28-15-39(16-29-47)13-14-40-17-31-49-41(33-40)18-19-42-34-48(30-32-50(42)49)52(45-24-9-37(3)10-25-45)46-26-11-38(4)12-27-46/h5-34H,1-4H3. The monoisotopic (exact) mass is 670 g/mol. The zero-order valence-electron chi connectivity index (χ0n) is 30.2. The Kier molecular flexibility index (Phi) is 8.89. The van der Waals surface area contributed by atoms with Crippen LogP contribution >= 0.6 is 0 Å². The molecule has 8 aromatic carbocycles. The molecule has 0 fully saturated rings. The molecule has 0 saturated heterocycles. The van der Waals surface area contributed by atoms with Crippen LogP contribution in [0.15, 0.2) is 170 Å². The zero-order valence-corrected chi connectivity index (χ0v) is 30.2. The molecule has 2 nitrogen and oxygen atoms in total. The van der Waals surface area contributed by atoms with Gasteiger partial charge >= 0.3 is 0 Å². The van der Waals surface area contributed by atoms with E-state index < -0.39 is 0 Å². The number of rotatable bonds is 8. The fraction of sp³-hybridized carbons (Fsp3) is 0.0800. The van der Waals surface area contributed by atoms with Gasteiger partial charge in [0.1, 0.15) is 0 Å². The van der Waals surface area contributed by atoms with Crippen molar-refractivity contribution in [1.29, 1.82) is 0 Å². The molecule has 8 aromatic rings. The SMILES string of the molecule is Cc1ccc(N(c2ccc(C)cc2)c2ccc(C=Cc3ccc4c(ccc5cc(N(c6ccc(C)cc6)c6ccc(C)cc6)ccc54)c3)cc2)cc1. The molecule has 0 aliphatic rings. The van der Waals surface area contributed by atoms with E-state index in [1.54, 1.807) is 0 Å². The lowest BCUT2D eigenvalue weighted by atomic mass is 9.99. The first-order valence-electron chi connectivity index (χ1n) is 18.0. The molecule has 0 aliphatic heterocycles. The van der Waals surface area contributed by atoms with Crippen molar-refractivity contribution >= 4 is 67.8 Å². The first kappa shape index (κ1) is 32.8. The Morgan fingerprint density at radius 1 is 0.288 bits per heavy atom. The number of fused-ring (bicyclic) bond motifs is 3. The predicted molar refractivity (Wildman–Crippen MR) is 225 cm³/mol. The molecule has 0 aromatic heterocycles. The average molecular weight is 671 g/mol. The molecule has 0 radical (unpaired) electrons. The highest BCUT2D eigenvalue weighted by molar-refractivity contribution is 6.09. The number of nitrogens with zero attached hydrogens (tertiary/aromatic N) is 2. The van der Waals surface area contributed by atoms with Gasteiger partial charge in [0.15, 0.2) is 0 Å². The number of benzene rings is 8. The lowest BCUT2D eigenvalue weighted by molar-refractivity contribution is 1.27. The maximum atomic E-state index is 2.34. The van der Waals surface area contributed by atoms with Crippen molar-refractivity contribution < 1.29 is 0 Å². The third kappa shape index (κ3) is 6.84. The molecular formula is C50H42N2. The summed E-state index contributed by atoms with van der Waals surface area (Å²) in [7, 11) is 0. The van der Waals surface area contributed by atoms with Gasteiger partial charge in [0.2, 0.25) is 0 Å². The van der Waals surface area contributed by atoms with E-state index in [9.17, 15) is 0 Å². The lowest BCUT2D eigenvalue weighted by Gasteiger charge is -2.26. The van der Waals surface area contributed by atoms with Gasteiger partial charge in [-0.05, 0) is 139 Å². The number of anilines is 6. The van der Waals surface area contributed by atoms with Crippen LogP contribution in [0.1, 0.15) is 33.4 Å². The fourth-order valence-corrected chi connectivity index (χ4v) is 6.92. The Hall–Kier alpha value is -6.38. The highest BCUT2D eigenvalue weighted by atomic mass is 15.1. The summed E-state index contributed by atoms with van der Waals surface area (Å²) in [5, 5.41) is 4.98. The van der Waals surface area contributed by atoms with Gasteiger partial charge in [-0.25, -0.2) is 0 Å². The van der Waals surface area contributed by atoms with Crippen LogP contribution in [0.3, 0.4) is 0 Å². The molecule has 0 spiro atoms. The van der Waals surface area contributed by atoms with Crippen molar-refractivity contribution in [2.75, 3.05) is 9.80 Å². The first-order chi connectivity index (χ1) is 25.4. The van der Waals surface area contributed by atoms with Crippen LogP contribution in [0.4, 0.5) is 34.1 Å². The number of hydrogen-bond donors (Lipinski definition) is 0. The maximum absolute atomic E-state index is 2.34. The zero-order chi connectivity index (χ0) is 35.6. The summed E-state index contributed by atoms with van der Waals surface area (Å²) in [4.78, 5) is 4.65. The van der Waals surface area contributed by atoms with Crippen LogP contribution in [-0.4, -0.2) is 0 Å². The lowest BCUT2D eigenvalue weighted by Crippen LogP contribution is -2.09. The fourth-order valence-electron chi connectivity index (χ4n) is 6.92. The van der Waals surface area contributed by atoms with Gasteiger partial charge in [-0.1, -0.05) is 125 Å². The Labute approximate surface area is 307 Å². The van der Waals surface area contributed by atoms with Gasteiger partial charge in [0.05, 0.1) is 0 Å². The van der Waals surface area contributed by atoms with E-state index in [4.69, 9.17) is 0 Å².